The second kappa shape index (κ2) is 6.12. The summed E-state index contributed by atoms with van der Waals surface area (Å²) >= 11 is 0. The second-order valence-electron chi connectivity index (χ2n) is 5.11. The van der Waals surface area contributed by atoms with E-state index in [0.29, 0.717) is 18.4 Å². The fourth-order valence-corrected chi connectivity index (χ4v) is 2.38. The van der Waals surface area contributed by atoms with E-state index >= 15 is 0 Å². The first kappa shape index (κ1) is 14.1. The maximum Gasteiger partial charge on any atom is 0.123 e. The molecule has 0 saturated heterocycles. The molecule has 1 aromatic carbocycles. The van der Waals surface area contributed by atoms with E-state index in [-0.39, 0.29) is 11.9 Å². The molecule has 1 aromatic rings. The molecule has 0 bridgehead atoms. The summed E-state index contributed by atoms with van der Waals surface area (Å²) < 4.78 is 13.3. The number of nitrogens with two attached hydrogens (primary N) is 1. The SMILES string of the molecule is CC(C)C(CN)C(c1cccc(F)c1)N(C)C. The van der Waals surface area contributed by atoms with Crippen LogP contribution in [0.1, 0.15) is 25.5 Å². The van der Waals surface area contributed by atoms with Crippen molar-refractivity contribution in [3.63, 3.8) is 0 Å². The Morgan fingerprint density at radius 3 is 2.35 bits per heavy atom. The standard InChI is InChI=1S/C14H23FN2/c1-10(2)13(9-16)14(17(3)4)11-6-5-7-12(15)8-11/h5-8,10,13-14H,9,16H2,1-4H3. The Kier molecular flexibility index (Phi) is 5.09. The molecule has 2 nitrogen and oxygen atoms in total. The fraction of sp³-hybridized carbons (Fsp3) is 0.571. The lowest BCUT2D eigenvalue weighted by atomic mass is 9.84. The summed E-state index contributed by atoms with van der Waals surface area (Å²) in [6.45, 7) is 4.93. The van der Waals surface area contributed by atoms with Crippen LogP contribution in [0, 0.1) is 17.7 Å². The van der Waals surface area contributed by atoms with Gasteiger partial charge in [-0.25, -0.2) is 4.39 Å². The monoisotopic (exact) mass is 238 g/mol. The summed E-state index contributed by atoms with van der Waals surface area (Å²) in [4.78, 5) is 2.12. The number of halogens is 1. The molecule has 17 heavy (non-hydrogen) atoms. The first-order chi connectivity index (χ1) is 7.97. The zero-order valence-corrected chi connectivity index (χ0v) is 11.2. The molecule has 2 atom stereocenters. The van der Waals surface area contributed by atoms with Crippen LogP contribution in [-0.4, -0.2) is 25.5 Å². The molecule has 0 aliphatic rings. The molecule has 96 valence electrons. The number of rotatable bonds is 5. The van der Waals surface area contributed by atoms with Crippen LogP contribution in [0.2, 0.25) is 0 Å². The minimum atomic E-state index is -0.186. The molecule has 0 saturated carbocycles. The van der Waals surface area contributed by atoms with Crippen LogP contribution in [0.25, 0.3) is 0 Å². The largest absolute Gasteiger partial charge is 0.330 e. The minimum Gasteiger partial charge on any atom is -0.330 e. The van der Waals surface area contributed by atoms with Gasteiger partial charge in [0.2, 0.25) is 0 Å². The molecule has 2 unspecified atom stereocenters. The fourth-order valence-electron chi connectivity index (χ4n) is 2.38. The van der Waals surface area contributed by atoms with E-state index in [2.05, 4.69) is 18.7 Å². The lowest BCUT2D eigenvalue weighted by Crippen LogP contribution is -2.35. The summed E-state index contributed by atoms with van der Waals surface area (Å²) in [6.07, 6.45) is 0. The van der Waals surface area contributed by atoms with Gasteiger partial charge >= 0.3 is 0 Å². The van der Waals surface area contributed by atoms with Gasteiger partial charge in [-0.2, -0.15) is 0 Å². The van der Waals surface area contributed by atoms with Crippen molar-refractivity contribution in [2.24, 2.45) is 17.6 Å². The van der Waals surface area contributed by atoms with Gasteiger partial charge in [-0.1, -0.05) is 26.0 Å². The topological polar surface area (TPSA) is 29.3 Å². The van der Waals surface area contributed by atoms with Crippen LogP contribution in [0.15, 0.2) is 24.3 Å². The van der Waals surface area contributed by atoms with E-state index in [4.69, 9.17) is 5.73 Å². The maximum absolute atomic E-state index is 13.3. The Hall–Kier alpha value is -0.930. The van der Waals surface area contributed by atoms with Crippen molar-refractivity contribution in [2.75, 3.05) is 20.6 Å². The van der Waals surface area contributed by atoms with Crippen LogP contribution in [-0.2, 0) is 0 Å². The number of hydrogen-bond acceptors (Lipinski definition) is 2. The minimum absolute atomic E-state index is 0.163. The van der Waals surface area contributed by atoms with E-state index in [9.17, 15) is 4.39 Å². The van der Waals surface area contributed by atoms with Gasteiger partial charge in [-0.3, -0.25) is 0 Å². The molecule has 0 aliphatic heterocycles. The zero-order valence-electron chi connectivity index (χ0n) is 11.2. The lowest BCUT2D eigenvalue weighted by molar-refractivity contribution is 0.175. The molecule has 0 heterocycles. The van der Waals surface area contributed by atoms with E-state index in [1.54, 1.807) is 12.1 Å². The Morgan fingerprint density at radius 1 is 1.29 bits per heavy atom. The van der Waals surface area contributed by atoms with E-state index in [0.717, 1.165) is 5.56 Å². The van der Waals surface area contributed by atoms with Crippen molar-refractivity contribution >= 4 is 0 Å². The molecule has 0 fully saturated rings. The maximum atomic E-state index is 13.3. The van der Waals surface area contributed by atoms with Gasteiger partial charge in [0.1, 0.15) is 5.82 Å². The van der Waals surface area contributed by atoms with Gasteiger partial charge in [-0.15, -0.1) is 0 Å². The Balaban J connectivity index is 3.08. The molecule has 0 aromatic heterocycles. The van der Waals surface area contributed by atoms with Crippen molar-refractivity contribution < 1.29 is 4.39 Å². The van der Waals surface area contributed by atoms with Crippen LogP contribution < -0.4 is 5.73 Å². The summed E-state index contributed by atoms with van der Waals surface area (Å²) in [5.41, 5.74) is 6.87. The summed E-state index contributed by atoms with van der Waals surface area (Å²) in [5, 5.41) is 0. The van der Waals surface area contributed by atoms with Crippen LogP contribution in [0.4, 0.5) is 4.39 Å². The molecule has 1 rings (SSSR count). The first-order valence-corrected chi connectivity index (χ1v) is 6.09. The van der Waals surface area contributed by atoms with E-state index < -0.39 is 0 Å². The highest BCUT2D eigenvalue weighted by Gasteiger charge is 2.26. The van der Waals surface area contributed by atoms with Gasteiger partial charge < -0.3 is 10.6 Å². The quantitative estimate of drug-likeness (QED) is 0.854. The Labute approximate surface area is 104 Å². The normalized spacial score (nSPS) is 15.3. The van der Waals surface area contributed by atoms with Crippen molar-refractivity contribution in [1.82, 2.24) is 4.90 Å². The van der Waals surface area contributed by atoms with Crippen LogP contribution in [0.3, 0.4) is 0 Å². The van der Waals surface area contributed by atoms with Gasteiger partial charge in [0.05, 0.1) is 0 Å². The average Bonchev–Trinajstić information content (AvgIpc) is 2.24. The Bertz CT molecular complexity index is 350. The van der Waals surface area contributed by atoms with Gasteiger partial charge in [-0.05, 0) is 50.2 Å². The highest BCUT2D eigenvalue weighted by Crippen LogP contribution is 2.31. The third-order valence-corrected chi connectivity index (χ3v) is 3.28. The molecule has 0 spiro atoms. The molecule has 0 radical (unpaired) electrons. The average molecular weight is 238 g/mol. The molecule has 0 amide bonds. The molecule has 0 aliphatic carbocycles. The van der Waals surface area contributed by atoms with Gasteiger partial charge in [0.25, 0.3) is 0 Å². The molecule has 3 heteroatoms. The van der Waals surface area contributed by atoms with Gasteiger partial charge in [0, 0.05) is 6.04 Å². The number of hydrogen-bond donors (Lipinski definition) is 1. The van der Waals surface area contributed by atoms with Crippen molar-refractivity contribution in [2.45, 2.75) is 19.9 Å². The van der Waals surface area contributed by atoms with Crippen LogP contribution >= 0.6 is 0 Å². The first-order valence-electron chi connectivity index (χ1n) is 6.09. The second-order valence-corrected chi connectivity index (χ2v) is 5.11. The highest BCUT2D eigenvalue weighted by atomic mass is 19.1. The predicted octanol–water partition coefficient (Wildman–Crippen LogP) is 2.66. The van der Waals surface area contributed by atoms with Crippen molar-refractivity contribution in [3.05, 3.63) is 35.6 Å². The van der Waals surface area contributed by atoms with Crippen molar-refractivity contribution in [1.29, 1.82) is 0 Å². The molecular formula is C14H23FN2. The summed E-state index contributed by atoms with van der Waals surface area (Å²) in [7, 11) is 4.03. The summed E-state index contributed by atoms with van der Waals surface area (Å²) in [5.74, 6) is 0.608. The summed E-state index contributed by atoms with van der Waals surface area (Å²) in [6, 6.07) is 6.97. The van der Waals surface area contributed by atoms with Gasteiger partial charge in [0.15, 0.2) is 0 Å². The molecule has 2 N–H and O–H groups in total. The van der Waals surface area contributed by atoms with E-state index in [1.165, 1.54) is 6.07 Å². The third kappa shape index (κ3) is 3.51. The number of benzene rings is 1. The highest BCUT2D eigenvalue weighted by molar-refractivity contribution is 5.21. The number of nitrogens with zero attached hydrogens (tertiary/aromatic N) is 1. The third-order valence-electron chi connectivity index (χ3n) is 3.28. The zero-order chi connectivity index (χ0) is 13.0. The van der Waals surface area contributed by atoms with Crippen LogP contribution in [0.5, 0.6) is 0 Å². The predicted molar refractivity (Wildman–Crippen MR) is 70.2 cm³/mol. The molecular weight excluding hydrogens is 215 g/mol. The smallest absolute Gasteiger partial charge is 0.123 e. The van der Waals surface area contributed by atoms with E-state index in [1.807, 2.05) is 20.2 Å². The lowest BCUT2D eigenvalue weighted by Gasteiger charge is -2.34. The van der Waals surface area contributed by atoms with Crippen molar-refractivity contribution in [3.8, 4) is 0 Å². The Morgan fingerprint density at radius 2 is 1.94 bits per heavy atom.